The Morgan fingerprint density at radius 2 is 1.75 bits per heavy atom. The predicted molar refractivity (Wildman–Crippen MR) is 111 cm³/mol. The number of hydrazone groups is 1. The number of halogens is 2. The van der Waals surface area contributed by atoms with E-state index in [0.29, 0.717) is 22.0 Å². The van der Waals surface area contributed by atoms with Gasteiger partial charge >= 0.3 is 0 Å². The molecule has 0 heterocycles. The van der Waals surface area contributed by atoms with Gasteiger partial charge in [-0.3, -0.25) is 4.79 Å². The number of carbonyl (C=O) groups excluding carboxylic acids is 1. The van der Waals surface area contributed by atoms with E-state index < -0.39 is 5.91 Å². The highest BCUT2D eigenvalue weighted by atomic mass is 35.5. The Bertz CT molecular complexity index is 1050. The number of nitrogens with zero attached hydrogens (tertiary/aromatic N) is 1. The fraction of sp³-hybridized carbons (Fsp3) is 0.0476. The van der Waals surface area contributed by atoms with E-state index in [2.05, 4.69) is 10.5 Å². The topological polar surface area (TPSA) is 81.9 Å². The lowest BCUT2D eigenvalue weighted by atomic mass is 10.0. The van der Waals surface area contributed by atoms with E-state index in [0.717, 1.165) is 11.1 Å². The molecule has 0 saturated heterocycles. The van der Waals surface area contributed by atoms with Crippen molar-refractivity contribution in [2.75, 3.05) is 0 Å². The lowest BCUT2D eigenvalue weighted by Gasteiger charge is -2.07. The molecule has 0 fully saturated rings. The van der Waals surface area contributed by atoms with E-state index in [4.69, 9.17) is 23.2 Å². The van der Waals surface area contributed by atoms with Gasteiger partial charge in [0.25, 0.3) is 5.91 Å². The summed E-state index contributed by atoms with van der Waals surface area (Å²) in [5.41, 5.74) is 4.62. The Hall–Kier alpha value is -3.02. The Kier molecular flexibility index (Phi) is 6.19. The van der Waals surface area contributed by atoms with Crippen LogP contribution < -0.4 is 5.43 Å². The molecule has 1 amide bonds. The number of benzene rings is 3. The van der Waals surface area contributed by atoms with Crippen LogP contribution in [0.15, 0.2) is 65.8 Å². The monoisotopic (exact) mass is 414 g/mol. The van der Waals surface area contributed by atoms with Gasteiger partial charge in [0.1, 0.15) is 11.5 Å². The molecule has 142 valence electrons. The number of hydrogen-bond acceptors (Lipinski definition) is 4. The van der Waals surface area contributed by atoms with Crippen molar-refractivity contribution in [3.63, 3.8) is 0 Å². The molecule has 0 aliphatic heterocycles. The van der Waals surface area contributed by atoms with Crippen LogP contribution in [0.3, 0.4) is 0 Å². The van der Waals surface area contributed by atoms with Gasteiger partial charge in [-0.2, -0.15) is 5.10 Å². The molecule has 3 rings (SSSR count). The molecule has 0 aliphatic carbocycles. The quantitative estimate of drug-likeness (QED) is 0.415. The molecule has 3 aromatic carbocycles. The first kappa shape index (κ1) is 19.7. The third-order valence-corrected chi connectivity index (χ3v) is 4.62. The standard InChI is InChI=1S/C21H16Cl2N2O3/c22-16-6-8-20(27)17(11-16)21(28)25-24-12-15-10-13(5-7-19(15)26)9-14-3-1-2-4-18(14)23/h1-8,10-12,26-27H,9H2,(H,25,28). The molecule has 0 saturated carbocycles. The Labute approximate surface area is 171 Å². The summed E-state index contributed by atoms with van der Waals surface area (Å²) in [5, 5.41) is 24.6. The average molecular weight is 415 g/mol. The fourth-order valence-electron chi connectivity index (χ4n) is 2.59. The summed E-state index contributed by atoms with van der Waals surface area (Å²) in [6, 6.07) is 16.8. The molecule has 0 atom stereocenters. The summed E-state index contributed by atoms with van der Waals surface area (Å²) < 4.78 is 0. The van der Waals surface area contributed by atoms with Gasteiger partial charge in [-0.1, -0.05) is 47.5 Å². The van der Waals surface area contributed by atoms with Gasteiger partial charge in [0.15, 0.2) is 0 Å². The largest absolute Gasteiger partial charge is 0.507 e. The van der Waals surface area contributed by atoms with Crippen molar-refractivity contribution >= 4 is 35.3 Å². The second-order valence-electron chi connectivity index (χ2n) is 6.02. The van der Waals surface area contributed by atoms with Crippen LogP contribution in [0.1, 0.15) is 27.0 Å². The summed E-state index contributed by atoms with van der Waals surface area (Å²) in [6.45, 7) is 0. The summed E-state index contributed by atoms with van der Waals surface area (Å²) in [4.78, 5) is 12.1. The van der Waals surface area contributed by atoms with E-state index in [-0.39, 0.29) is 17.1 Å². The molecule has 0 aliphatic rings. The fourth-order valence-corrected chi connectivity index (χ4v) is 2.96. The van der Waals surface area contributed by atoms with Crippen LogP contribution in [0.2, 0.25) is 10.0 Å². The smallest absolute Gasteiger partial charge is 0.275 e. The van der Waals surface area contributed by atoms with Gasteiger partial charge in [0.05, 0.1) is 11.8 Å². The second kappa shape index (κ2) is 8.78. The summed E-state index contributed by atoms with van der Waals surface area (Å²) >= 11 is 12.0. The van der Waals surface area contributed by atoms with Gasteiger partial charge in [-0.15, -0.1) is 0 Å². The van der Waals surface area contributed by atoms with Crippen LogP contribution in [0, 0.1) is 0 Å². The first-order valence-electron chi connectivity index (χ1n) is 8.31. The Balaban J connectivity index is 1.74. The third kappa shape index (κ3) is 4.82. The van der Waals surface area contributed by atoms with Gasteiger partial charge in [-0.05, 0) is 53.9 Å². The number of rotatable bonds is 5. The van der Waals surface area contributed by atoms with E-state index >= 15 is 0 Å². The van der Waals surface area contributed by atoms with Crippen molar-refractivity contribution in [3.8, 4) is 11.5 Å². The van der Waals surface area contributed by atoms with E-state index in [1.165, 1.54) is 24.4 Å². The van der Waals surface area contributed by atoms with Crippen molar-refractivity contribution in [1.29, 1.82) is 0 Å². The first-order valence-corrected chi connectivity index (χ1v) is 9.07. The maximum Gasteiger partial charge on any atom is 0.275 e. The zero-order valence-corrected chi connectivity index (χ0v) is 16.1. The minimum Gasteiger partial charge on any atom is -0.507 e. The molecule has 0 radical (unpaired) electrons. The summed E-state index contributed by atoms with van der Waals surface area (Å²) in [6.07, 6.45) is 1.91. The number of hydrogen-bond donors (Lipinski definition) is 3. The number of carbonyl (C=O) groups is 1. The van der Waals surface area contributed by atoms with E-state index in [1.54, 1.807) is 18.2 Å². The maximum absolute atomic E-state index is 12.1. The van der Waals surface area contributed by atoms with Crippen molar-refractivity contribution in [3.05, 3.63) is 93.0 Å². The normalized spacial score (nSPS) is 10.9. The van der Waals surface area contributed by atoms with Crippen molar-refractivity contribution < 1.29 is 15.0 Å². The van der Waals surface area contributed by atoms with E-state index in [1.807, 2.05) is 24.3 Å². The lowest BCUT2D eigenvalue weighted by molar-refractivity contribution is 0.0952. The van der Waals surface area contributed by atoms with Crippen molar-refractivity contribution in [2.45, 2.75) is 6.42 Å². The predicted octanol–water partition coefficient (Wildman–Crippen LogP) is 4.76. The minimum atomic E-state index is -0.622. The summed E-state index contributed by atoms with van der Waals surface area (Å²) in [5.74, 6) is -0.809. The van der Waals surface area contributed by atoms with Gasteiger partial charge in [-0.25, -0.2) is 5.43 Å². The first-order chi connectivity index (χ1) is 13.4. The minimum absolute atomic E-state index is 0.00124. The Morgan fingerprint density at radius 3 is 2.54 bits per heavy atom. The van der Waals surface area contributed by atoms with Crippen LogP contribution >= 0.6 is 23.2 Å². The van der Waals surface area contributed by atoms with Gasteiger partial charge < -0.3 is 10.2 Å². The number of phenols is 2. The lowest BCUT2D eigenvalue weighted by Crippen LogP contribution is -2.17. The third-order valence-electron chi connectivity index (χ3n) is 4.02. The highest BCUT2D eigenvalue weighted by Gasteiger charge is 2.11. The highest BCUT2D eigenvalue weighted by Crippen LogP contribution is 2.23. The molecule has 0 bridgehead atoms. The summed E-state index contributed by atoms with van der Waals surface area (Å²) in [7, 11) is 0. The van der Waals surface area contributed by atoms with Gasteiger partial charge in [0, 0.05) is 15.6 Å². The van der Waals surface area contributed by atoms with Crippen LogP contribution in [-0.4, -0.2) is 22.3 Å². The van der Waals surface area contributed by atoms with Crippen molar-refractivity contribution in [2.24, 2.45) is 5.10 Å². The molecule has 28 heavy (non-hydrogen) atoms. The molecular weight excluding hydrogens is 399 g/mol. The molecule has 7 heteroatoms. The molecule has 3 aromatic rings. The number of phenolic OH excluding ortho intramolecular Hbond substituents is 2. The molecule has 0 unspecified atom stereocenters. The van der Waals surface area contributed by atoms with Crippen LogP contribution in [0.4, 0.5) is 0 Å². The molecule has 0 spiro atoms. The van der Waals surface area contributed by atoms with Crippen LogP contribution in [0.5, 0.6) is 11.5 Å². The zero-order chi connectivity index (χ0) is 20.1. The van der Waals surface area contributed by atoms with E-state index in [9.17, 15) is 15.0 Å². The zero-order valence-electron chi connectivity index (χ0n) is 14.6. The van der Waals surface area contributed by atoms with Crippen LogP contribution in [0.25, 0.3) is 0 Å². The Morgan fingerprint density at radius 1 is 1.00 bits per heavy atom. The second-order valence-corrected chi connectivity index (χ2v) is 6.87. The van der Waals surface area contributed by atoms with Crippen molar-refractivity contribution in [1.82, 2.24) is 5.43 Å². The number of aromatic hydroxyl groups is 2. The molecule has 5 nitrogen and oxygen atoms in total. The number of amides is 1. The SMILES string of the molecule is O=C(NN=Cc1cc(Cc2ccccc2Cl)ccc1O)c1cc(Cl)ccc1O. The molecular formula is C21H16Cl2N2O3. The van der Waals surface area contributed by atoms with Gasteiger partial charge in [0.2, 0.25) is 0 Å². The number of nitrogens with one attached hydrogen (secondary N) is 1. The highest BCUT2D eigenvalue weighted by molar-refractivity contribution is 6.31. The molecule has 0 aromatic heterocycles. The van der Waals surface area contributed by atoms with Crippen LogP contribution in [-0.2, 0) is 6.42 Å². The molecule has 3 N–H and O–H groups in total. The average Bonchev–Trinajstić information content (AvgIpc) is 2.68. The maximum atomic E-state index is 12.1.